The van der Waals surface area contributed by atoms with E-state index in [1.165, 1.54) is 244 Å². The summed E-state index contributed by atoms with van der Waals surface area (Å²) in [6, 6.07) is 0. The first-order valence-corrected chi connectivity index (χ1v) is 22.2. The van der Waals surface area contributed by atoms with Crippen molar-refractivity contribution in [2.75, 3.05) is 6.54 Å². The number of hydrazine groups is 6. The van der Waals surface area contributed by atoms with Crippen LogP contribution in [0.1, 0.15) is 251 Å². The molecule has 0 aliphatic heterocycles. The molecular weight excluding hydrogens is 621 g/mol. The molecule has 50 heavy (non-hydrogen) atoms. The number of hydrogen-bond acceptors (Lipinski definition) is 8. The molecule has 0 rings (SSSR count). The predicted molar refractivity (Wildman–Crippen MR) is 217 cm³/mol. The smallest absolute Gasteiger partial charge is 0.0113 e. The Balaban J connectivity index is 3.04. The highest BCUT2D eigenvalue weighted by Crippen LogP contribution is 2.17. The van der Waals surface area contributed by atoms with Gasteiger partial charge in [-0.3, -0.25) is 0 Å². The first-order chi connectivity index (χ1) is 24.9. The molecule has 0 aromatic heterocycles. The fourth-order valence-electron chi connectivity index (χ4n) is 6.93. The standard InChI is InChI=1S/C40H90N10/c1-2-3-4-5-6-7-8-9-10-11-12-13-14-15-16-17-18-19-20-21-22-23-24-25-26-27-28-29-30-31-32-33-34-35-36-37-38-39-40-42-44-46-48-50-49-47-45-43-41/h2-40H2,1H3,(H5,41,44,45,48,49)(H4,42,43,46,47,50). The minimum Gasteiger partial charge on any atom is -0.303 e. The maximum Gasteiger partial charge on any atom is 0.0113 e. The van der Waals surface area contributed by atoms with Crippen molar-refractivity contribution < 1.29 is 0 Å². The van der Waals surface area contributed by atoms with Gasteiger partial charge in [-0.05, 0) is 11.6 Å². The van der Waals surface area contributed by atoms with E-state index in [1.54, 1.807) is 0 Å². The quantitative estimate of drug-likeness (QED) is 0.0135. The zero-order valence-electron chi connectivity index (χ0n) is 33.5. The average molecular weight is 711 g/mol. The Morgan fingerprint density at radius 3 is 0.820 bits per heavy atom. The van der Waals surface area contributed by atoms with E-state index in [2.05, 4.69) is 56.0 Å². The zero-order chi connectivity index (χ0) is 35.9. The first kappa shape index (κ1) is 49.0. The summed E-state index contributed by atoms with van der Waals surface area (Å²) in [5.74, 6) is 4.83. The van der Waals surface area contributed by atoms with Gasteiger partial charge < -0.3 is 5.84 Å². The van der Waals surface area contributed by atoms with Crippen LogP contribution in [-0.2, 0) is 0 Å². The SMILES string of the molecule is CCCCCCCCCCCCCCCCCCCCCCCCCCCCCCCCCCCCCCCCNNNNNNN/N=N/N. The molecule has 0 aromatic rings. The van der Waals surface area contributed by atoms with Crippen molar-refractivity contribution in [3.05, 3.63) is 0 Å². The van der Waals surface area contributed by atoms with Gasteiger partial charge in [-0.1, -0.05) is 250 Å². The topological polar surface area (TPSA) is 135 Å². The van der Waals surface area contributed by atoms with E-state index in [1.807, 2.05) is 0 Å². The molecule has 0 saturated carbocycles. The van der Waals surface area contributed by atoms with E-state index in [9.17, 15) is 0 Å². The molecule has 10 nitrogen and oxygen atoms in total. The highest BCUT2D eigenvalue weighted by atomic mass is 15.9. The molecule has 0 fully saturated rings. The molecule has 0 amide bonds. The molecule has 9 N–H and O–H groups in total. The van der Waals surface area contributed by atoms with Crippen LogP contribution in [-0.4, -0.2) is 6.54 Å². The van der Waals surface area contributed by atoms with Crippen LogP contribution in [0.15, 0.2) is 10.4 Å². The summed E-state index contributed by atoms with van der Waals surface area (Å²) in [7, 11) is 0. The summed E-state index contributed by atoms with van der Waals surface area (Å²) in [6.07, 6.45) is 55.0. The van der Waals surface area contributed by atoms with Crippen molar-refractivity contribution in [2.24, 2.45) is 16.3 Å². The maximum absolute atomic E-state index is 4.83. The minimum absolute atomic E-state index is 0.918. The number of hydrogen-bond donors (Lipinski definition) is 8. The second kappa shape index (κ2) is 48.0. The van der Waals surface area contributed by atoms with Crippen LogP contribution in [0.3, 0.4) is 0 Å². The molecule has 0 aliphatic rings. The van der Waals surface area contributed by atoms with E-state index in [0.717, 1.165) is 6.54 Å². The lowest BCUT2D eigenvalue weighted by atomic mass is 10.0. The lowest BCUT2D eigenvalue weighted by Crippen LogP contribution is -2.60. The van der Waals surface area contributed by atoms with E-state index < -0.39 is 0 Å². The van der Waals surface area contributed by atoms with Crippen LogP contribution in [0.2, 0.25) is 0 Å². The Kier molecular flexibility index (Phi) is 47.0. The largest absolute Gasteiger partial charge is 0.303 e. The fourth-order valence-corrected chi connectivity index (χ4v) is 6.93. The van der Waals surface area contributed by atoms with E-state index in [0.29, 0.717) is 0 Å². The van der Waals surface area contributed by atoms with Gasteiger partial charge in [0.05, 0.1) is 0 Å². The summed E-state index contributed by atoms with van der Waals surface area (Å²) >= 11 is 0. The molecule has 300 valence electrons. The van der Waals surface area contributed by atoms with Gasteiger partial charge in [0.1, 0.15) is 0 Å². The number of rotatable bonds is 46. The molecule has 0 saturated heterocycles. The molecular formula is C40H90N10. The van der Waals surface area contributed by atoms with E-state index in [-0.39, 0.29) is 0 Å². The molecule has 10 heteroatoms. The van der Waals surface area contributed by atoms with Crippen molar-refractivity contribution in [2.45, 2.75) is 251 Å². The van der Waals surface area contributed by atoms with Crippen molar-refractivity contribution in [3.8, 4) is 0 Å². The minimum atomic E-state index is 0.918. The molecule has 0 bridgehead atoms. The van der Waals surface area contributed by atoms with Crippen molar-refractivity contribution in [1.82, 2.24) is 38.6 Å². The number of unbranched alkanes of at least 4 members (excludes halogenated alkanes) is 37. The fraction of sp³-hybridized carbons (Fsp3) is 1.00. The monoisotopic (exact) mass is 711 g/mol. The highest BCUT2D eigenvalue weighted by molar-refractivity contribution is 4.53. The van der Waals surface area contributed by atoms with Gasteiger partial charge in [0.2, 0.25) is 0 Å². The van der Waals surface area contributed by atoms with Gasteiger partial charge in [-0.15, -0.1) is 5.53 Å². The lowest BCUT2D eigenvalue weighted by molar-refractivity contribution is 0.270. The van der Waals surface area contributed by atoms with Gasteiger partial charge in [0, 0.05) is 6.54 Å². The molecule has 0 atom stereocenters. The Labute approximate surface area is 311 Å². The Morgan fingerprint density at radius 1 is 0.300 bits per heavy atom. The van der Waals surface area contributed by atoms with Gasteiger partial charge in [0.25, 0.3) is 0 Å². The predicted octanol–water partition coefficient (Wildman–Crippen LogP) is 11.7. The van der Waals surface area contributed by atoms with Crippen LogP contribution < -0.4 is 44.5 Å². The molecule has 0 aliphatic carbocycles. The maximum atomic E-state index is 4.83. The van der Waals surface area contributed by atoms with Crippen LogP contribution in [0.25, 0.3) is 0 Å². The third kappa shape index (κ3) is 47.0. The van der Waals surface area contributed by atoms with Crippen LogP contribution >= 0.6 is 0 Å². The summed E-state index contributed by atoms with van der Waals surface area (Å²) in [4.78, 5) is 0. The molecule has 0 spiro atoms. The Bertz CT molecular complexity index is 611. The van der Waals surface area contributed by atoms with Gasteiger partial charge in [-0.2, -0.15) is 22.1 Å². The third-order valence-corrected chi connectivity index (χ3v) is 10.2. The summed E-state index contributed by atoms with van der Waals surface area (Å²) in [5, 5.41) is 6.32. The van der Waals surface area contributed by atoms with Crippen LogP contribution in [0, 0.1) is 0 Å². The second-order valence-electron chi connectivity index (χ2n) is 15.0. The van der Waals surface area contributed by atoms with Crippen molar-refractivity contribution in [3.63, 3.8) is 0 Å². The number of nitrogens with one attached hydrogen (secondary N) is 7. The summed E-state index contributed by atoms with van der Waals surface area (Å²) in [6.45, 7) is 3.22. The highest BCUT2D eigenvalue weighted by Gasteiger charge is 1.98. The van der Waals surface area contributed by atoms with Gasteiger partial charge in [-0.25, -0.2) is 11.0 Å². The lowest BCUT2D eigenvalue weighted by Gasteiger charge is -2.10. The van der Waals surface area contributed by atoms with Gasteiger partial charge >= 0.3 is 0 Å². The molecule has 0 unspecified atom stereocenters. The second-order valence-corrected chi connectivity index (χ2v) is 15.0. The normalized spacial score (nSPS) is 11.7. The average Bonchev–Trinajstić information content (AvgIpc) is 3.13. The summed E-state index contributed by atoms with van der Waals surface area (Å²) < 4.78 is 0. The number of nitrogens with two attached hydrogens (primary N) is 1. The first-order valence-electron chi connectivity index (χ1n) is 22.2. The zero-order valence-corrected chi connectivity index (χ0v) is 33.5. The Morgan fingerprint density at radius 2 is 0.540 bits per heavy atom. The molecule has 0 radical (unpaired) electrons. The van der Waals surface area contributed by atoms with Crippen molar-refractivity contribution in [1.29, 1.82) is 0 Å². The molecule has 0 heterocycles. The Hall–Kier alpha value is -1.04. The van der Waals surface area contributed by atoms with E-state index >= 15 is 0 Å². The summed E-state index contributed by atoms with van der Waals surface area (Å²) in [5.41, 5.74) is 18.7. The van der Waals surface area contributed by atoms with Crippen molar-refractivity contribution >= 4 is 0 Å². The third-order valence-electron chi connectivity index (χ3n) is 10.2. The van der Waals surface area contributed by atoms with Crippen LogP contribution in [0.5, 0.6) is 0 Å². The van der Waals surface area contributed by atoms with Crippen LogP contribution in [0.4, 0.5) is 0 Å². The molecule has 0 aromatic carbocycles. The van der Waals surface area contributed by atoms with E-state index in [4.69, 9.17) is 5.84 Å². The number of nitrogens with zero attached hydrogens (tertiary/aromatic N) is 2. The van der Waals surface area contributed by atoms with Gasteiger partial charge in [0.15, 0.2) is 0 Å².